The van der Waals surface area contributed by atoms with E-state index in [1.165, 1.54) is 43.3 Å². The Bertz CT molecular complexity index is 1330. The summed E-state index contributed by atoms with van der Waals surface area (Å²) in [5, 5.41) is 3.53. The van der Waals surface area contributed by atoms with Crippen LogP contribution in [0.15, 0.2) is 35.4 Å². The van der Waals surface area contributed by atoms with Gasteiger partial charge >= 0.3 is 0 Å². The number of aromatic nitrogens is 3. The first-order valence-corrected chi connectivity index (χ1v) is 12.3. The molecule has 1 aliphatic rings. The van der Waals surface area contributed by atoms with Gasteiger partial charge in [0.05, 0.1) is 18.1 Å². The summed E-state index contributed by atoms with van der Waals surface area (Å²) < 4.78 is 12.7. The minimum atomic E-state index is -0.504. The van der Waals surface area contributed by atoms with Gasteiger partial charge in [0.1, 0.15) is 12.4 Å². The molecule has 2 aromatic heterocycles. The molecule has 0 atom stereocenters. The molecule has 196 valence electrons. The lowest BCUT2D eigenvalue weighted by atomic mass is 10.1. The number of ketones is 1. The van der Waals surface area contributed by atoms with Crippen molar-refractivity contribution in [1.82, 2.24) is 19.4 Å². The summed E-state index contributed by atoms with van der Waals surface area (Å²) >= 11 is 0. The first kappa shape index (κ1) is 26.1. The molecule has 3 aromatic rings. The van der Waals surface area contributed by atoms with E-state index < -0.39 is 5.91 Å². The van der Waals surface area contributed by atoms with Crippen LogP contribution < -0.4 is 26.1 Å². The number of carbonyl (C=O) groups excluding carboxylic acids is 2. The number of ether oxygens (including phenoxy) is 2. The van der Waals surface area contributed by atoms with Crippen molar-refractivity contribution in [3.05, 3.63) is 46.5 Å². The van der Waals surface area contributed by atoms with E-state index in [4.69, 9.17) is 15.2 Å². The molecule has 0 aliphatic carbocycles. The lowest BCUT2D eigenvalue weighted by Gasteiger charge is -2.26. The summed E-state index contributed by atoms with van der Waals surface area (Å²) in [6, 6.07) is 4.86. The predicted molar refractivity (Wildman–Crippen MR) is 140 cm³/mol. The maximum absolute atomic E-state index is 13.0. The van der Waals surface area contributed by atoms with Gasteiger partial charge in [-0.1, -0.05) is 6.42 Å². The second kappa shape index (κ2) is 11.8. The summed E-state index contributed by atoms with van der Waals surface area (Å²) in [7, 11) is 3.01. The molecule has 0 radical (unpaired) electrons. The largest absolute Gasteiger partial charge is 0.492 e. The highest BCUT2D eigenvalue weighted by Crippen LogP contribution is 2.35. The molecule has 0 spiro atoms. The van der Waals surface area contributed by atoms with Gasteiger partial charge < -0.3 is 25.4 Å². The lowest BCUT2D eigenvalue weighted by molar-refractivity contribution is -0.121. The lowest BCUT2D eigenvalue weighted by Crippen LogP contribution is -2.31. The van der Waals surface area contributed by atoms with Crippen LogP contribution in [0.1, 0.15) is 42.5 Å². The molecule has 1 aromatic carbocycles. The van der Waals surface area contributed by atoms with Gasteiger partial charge in [-0.15, -0.1) is 0 Å². The molecule has 11 heteroatoms. The summed E-state index contributed by atoms with van der Waals surface area (Å²) in [5.41, 5.74) is 5.33. The van der Waals surface area contributed by atoms with E-state index in [1.807, 2.05) is 0 Å². The van der Waals surface area contributed by atoms with Crippen LogP contribution in [0.25, 0.3) is 10.8 Å². The Morgan fingerprint density at radius 1 is 1.11 bits per heavy atom. The number of anilines is 2. The standard InChI is InChI=1S/C26H32N6O5/c1-31-22(30-24(34)17-14-28-26(27)29-15-17)13-20-19(25(31)35)8-9-21(23(20)36-2)37-16-18(33)7-6-12-32-10-4-3-5-11-32/h8-9,13-15H,3-7,10-12,16H2,1-2H3,(H,30,34)(H2,27,28,29). The number of hydrogen-bond acceptors (Lipinski definition) is 9. The zero-order chi connectivity index (χ0) is 26.4. The van der Waals surface area contributed by atoms with E-state index >= 15 is 0 Å². The van der Waals surface area contributed by atoms with Crippen LogP contribution in [-0.4, -0.2) is 64.5 Å². The van der Waals surface area contributed by atoms with Crippen LogP contribution >= 0.6 is 0 Å². The molecule has 1 saturated heterocycles. The molecule has 0 saturated carbocycles. The fourth-order valence-corrected chi connectivity index (χ4v) is 4.43. The Morgan fingerprint density at radius 3 is 2.54 bits per heavy atom. The number of methoxy groups -OCH3 is 1. The van der Waals surface area contributed by atoms with Gasteiger partial charge in [0.25, 0.3) is 11.5 Å². The average Bonchev–Trinajstić information content (AvgIpc) is 2.91. The third-order valence-electron chi connectivity index (χ3n) is 6.48. The molecular formula is C26H32N6O5. The van der Waals surface area contributed by atoms with Gasteiger partial charge in [-0.2, -0.15) is 0 Å². The molecule has 0 unspecified atom stereocenters. The van der Waals surface area contributed by atoms with Crippen LogP contribution in [0, 0.1) is 0 Å². The number of amides is 1. The van der Waals surface area contributed by atoms with Crippen molar-refractivity contribution in [3.63, 3.8) is 0 Å². The number of hydrogen-bond donors (Lipinski definition) is 2. The van der Waals surface area contributed by atoms with Crippen LogP contribution in [0.2, 0.25) is 0 Å². The molecule has 0 bridgehead atoms. The number of benzene rings is 1. The van der Waals surface area contributed by atoms with Crippen molar-refractivity contribution in [1.29, 1.82) is 0 Å². The highest BCUT2D eigenvalue weighted by Gasteiger charge is 2.18. The first-order chi connectivity index (χ1) is 17.9. The second-order valence-electron chi connectivity index (χ2n) is 9.07. The number of rotatable bonds is 10. The van der Waals surface area contributed by atoms with Crippen molar-refractivity contribution in [3.8, 4) is 11.5 Å². The fourth-order valence-electron chi connectivity index (χ4n) is 4.43. The molecular weight excluding hydrogens is 476 g/mol. The average molecular weight is 509 g/mol. The fraction of sp³-hybridized carbons (Fsp3) is 0.423. The van der Waals surface area contributed by atoms with E-state index in [9.17, 15) is 14.4 Å². The van der Waals surface area contributed by atoms with Crippen LogP contribution in [0.4, 0.5) is 11.8 Å². The second-order valence-corrected chi connectivity index (χ2v) is 9.07. The summed E-state index contributed by atoms with van der Waals surface area (Å²) in [5.74, 6) is 0.438. The SMILES string of the molecule is COc1c(OCC(=O)CCCN2CCCCC2)ccc2c(=O)n(C)c(NC(=O)c3cnc(N)nc3)cc12. The molecule has 1 aliphatic heterocycles. The number of fused-ring (bicyclic) bond motifs is 1. The van der Waals surface area contributed by atoms with Crippen molar-refractivity contribution in [2.75, 3.05) is 44.4 Å². The van der Waals surface area contributed by atoms with Gasteiger partial charge in [-0.25, -0.2) is 9.97 Å². The highest BCUT2D eigenvalue weighted by molar-refractivity contribution is 6.04. The van der Waals surface area contributed by atoms with E-state index in [1.54, 1.807) is 25.2 Å². The normalized spacial score (nSPS) is 13.9. The zero-order valence-corrected chi connectivity index (χ0v) is 21.2. The number of likely N-dealkylation sites (tertiary alicyclic amines) is 1. The Balaban J connectivity index is 1.48. The number of nitrogens with zero attached hydrogens (tertiary/aromatic N) is 4. The number of Topliss-reactive ketones (excluding diaryl/α,β-unsaturated/α-hetero) is 1. The topological polar surface area (TPSA) is 142 Å². The highest BCUT2D eigenvalue weighted by atomic mass is 16.5. The number of carbonyl (C=O) groups is 2. The number of pyridine rings is 1. The quantitative estimate of drug-likeness (QED) is 0.422. The molecule has 3 heterocycles. The third-order valence-corrected chi connectivity index (χ3v) is 6.48. The van der Waals surface area contributed by atoms with Crippen molar-refractivity contribution in [2.45, 2.75) is 32.1 Å². The van der Waals surface area contributed by atoms with E-state index in [0.29, 0.717) is 28.7 Å². The first-order valence-electron chi connectivity index (χ1n) is 12.3. The van der Waals surface area contributed by atoms with Gasteiger partial charge in [0.2, 0.25) is 5.95 Å². The Morgan fingerprint density at radius 2 is 1.84 bits per heavy atom. The number of nitrogen functional groups attached to an aromatic ring is 1. The summed E-state index contributed by atoms with van der Waals surface area (Å²) in [6.07, 6.45) is 7.58. The monoisotopic (exact) mass is 508 g/mol. The summed E-state index contributed by atoms with van der Waals surface area (Å²) in [6.45, 7) is 3.04. The van der Waals surface area contributed by atoms with E-state index in [0.717, 1.165) is 26.1 Å². The maximum Gasteiger partial charge on any atom is 0.259 e. The predicted octanol–water partition coefficient (Wildman–Crippen LogP) is 2.39. The van der Waals surface area contributed by atoms with Crippen molar-refractivity contribution in [2.24, 2.45) is 7.05 Å². The molecule has 3 N–H and O–H groups in total. The maximum atomic E-state index is 13.0. The number of piperidine rings is 1. The molecule has 1 amide bonds. The molecule has 1 fully saturated rings. The minimum Gasteiger partial charge on any atom is -0.492 e. The van der Waals surface area contributed by atoms with E-state index in [2.05, 4.69) is 20.2 Å². The Hall–Kier alpha value is -3.99. The van der Waals surface area contributed by atoms with Gasteiger partial charge in [-0.3, -0.25) is 19.0 Å². The zero-order valence-electron chi connectivity index (χ0n) is 21.2. The smallest absolute Gasteiger partial charge is 0.259 e. The number of nitrogens with two attached hydrogens (primary N) is 1. The summed E-state index contributed by atoms with van der Waals surface area (Å²) in [4.78, 5) is 48.2. The van der Waals surface area contributed by atoms with Gasteiger partial charge in [-0.05, 0) is 57.1 Å². The third kappa shape index (κ3) is 6.23. The van der Waals surface area contributed by atoms with Gasteiger partial charge in [0, 0.05) is 31.2 Å². The van der Waals surface area contributed by atoms with Crippen molar-refractivity contribution >= 4 is 34.2 Å². The molecule has 11 nitrogen and oxygen atoms in total. The number of nitrogens with one attached hydrogen (secondary N) is 1. The molecule has 37 heavy (non-hydrogen) atoms. The van der Waals surface area contributed by atoms with Crippen LogP contribution in [0.3, 0.4) is 0 Å². The Kier molecular flexibility index (Phi) is 8.34. The van der Waals surface area contributed by atoms with Crippen LogP contribution in [0.5, 0.6) is 11.5 Å². The van der Waals surface area contributed by atoms with Crippen molar-refractivity contribution < 1.29 is 19.1 Å². The Labute approximate surface area is 214 Å². The van der Waals surface area contributed by atoms with E-state index in [-0.39, 0.29) is 35.3 Å². The molecule has 4 rings (SSSR count). The van der Waals surface area contributed by atoms with Gasteiger partial charge in [0.15, 0.2) is 17.3 Å². The minimum absolute atomic E-state index is 0.00167. The van der Waals surface area contributed by atoms with Crippen LogP contribution in [-0.2, 0) is 11.8 Å².